The minimum absolute atomic E-state index is 0.765. The molecule has 0 aromatic carbocycles. The van der Waals surface area contributed by atoms with Gasteiger partial charge in [-0.2, -0.15) is 5.06 Å². The van der Waals surface area contributed by atoms with Crippen LogP contribution in [0.3, 0.4) is 0 Å². The van der Waals surface area contributed by atoms with E-state index < -0.39 is 0 Å². The van der Waals surface area contributed by atoms with E-state index in [1.807, 2.05) is 0 Å². The van der Waals surface area contributed by atoms with Crippen LogP contribution in [0, 0.1) is 35.5 Å². The van der Waals surface area contributed by atoms with Crippen molar-refractivity contribution >= 4 is 0 Å². The van der Waals surface area contributed by atoms with Crippen molar-refractivity contribution in [2.75, 3.05) is 13.1 Å². The van der Waals surface area contributed by atoms with Gasteiger partial charge in [0.25, 0.3) is 0 Å². The van der Waals surface area contributed by atoms with Gasteiger partial charge in [-0.15, -0.1) is 0 Å². The Labute approximate surface area is 208 Å². The predicted molar refractivity (Wildman–Crippen MR) is 145 cm³/mol. The highest BCUT2D eigenvalue weighted by atomic mass is 16.5. The molecule has 33 heavy (non-hydrogen) atoms. The monoisotopic (exact) mass is 463 g/mol. The summed E-state index contributed by atoms with van der Waals surface area (Å²) in [4.78, 5) is 0. The fourth-order valence-corrected chi connectivity index (χ4v) is 7.54. The van der Waals surface area contributed by atoms with Crippen LogP contribution >= 0.6 is 0 Å². The van der Waals surface area contributed by atoms with E-state index in [-0.39, 0.29) is 0 Å². The van der Waals surface area contributed by atoms with Gasteiger partial charge in [-0.05, 0) is 67.6 Å². The molecule has 2 saturated carbocycles. The first kappa shape index (κ1) is 29.2. The molecule has 0 bridgehead atoms. The summed E-state index contributed by atoms with van der Waals surface area (Å²) in [5.41, 5.74) is 0. The van der Waals surface area contributed by atoms with Crippen molar-refractivity contribution in [3.63, 3.8) is 0 Å². The van der Waals surface area contributed by atoms with Crippen molar-refractivity contribution in [3.05, 3.63) is 0 Å². The molecule has 2 nitrogen and oxygen atoms in total. The molecule has 6 unspecified atom stereocenters. The van der Waals surface area contributed by atoms with Crippen molar-refractivity contribution in [1.82, 2.24) is 5.06 Å². The van der Waals surface area contributed by atoms with Crippen molar-refractivity contribution < 1.29 is 5.21 Å². The number of hydrogen-bond donors (Lipinski definition) is 1. The van der Waals surface area contributed by atoms with Crippen LogP contribution in [0.4, 0.5) is 0 Å². The first-order chi connectivity index (χ1) is 16.1. The predicted octanol–water partition coefficient (Wildman–Crippen LogP) is 9.89. The maximum absolute atomic E-state index is 10.5. The molecule has 2 rings (SSSR count). The number of fused-ring (bicyclic) bond motifs is 1. The maximum Gasteiger partial charge on any atom is 0.0269 e. The van der Waals surface area contributed by atoms with Crippen LogP contribution in [0.15, 0.2) is 0 Å². The van der Waals surface area contributed by atoms with Gasteiger partial charge < -0.3 is 5.21 Å². The average Bonchev–Trinajstić information content (AvgIpc) is 3.40. The molecule has 0 amide bonds. The molecule has 0 spiro atoms. The zero-order valence-electron chi connectivity index (χ0n) is 23.2. The highest BCUT2D eigenvalue weighted by Crippen LogP contribution is 2.51. The Hall–Kier alpha value is -0.0800. The lowest BCUT2D eigenvalue weighted by molar-refractivity contribution is -0.105. The van der Waals surface area contributed by atoms with Crippen molar-refractivity contribution in [3.8, 4) is 0 Å². The molecule has 0 saturated heterocycles. The summed E-state index contributed by atoms with van der Waals surface area (Å²) in [6.45, 7) is 11.4. The molecule has 0 aromatic rings. The summed E-state index contributed by atoms with van der Waals surface area (Å²) in [6.07, 6.45) is 26.4. The van der Waals surface area contributed by atoms with Crippen LogP contribution in [0.25, 0.3) is 0 Å². The molecular formula is C31H61NO. The van der Waals surface area contributed by atoms with E-state index >= 15 is 0 Å². The Bertz CT molecular complexity index is 466. The van der Waals surface area contributed by atoms with E-state index in [2.05, 4.69) is 27.7 Å². The van der Waals surface area contributed by atoms with Crippen LogP contribution in [-0.4, -0.2) is 23.4 Å². The highest BCUT2D eigenvalue weighted by molar-refractivity contribution is 4.94. The van der Waals surface area contributed by atoms with Gasteiger partial charge in [0, 0.05) is 13.1 Å². The van der Waals surface area contributed by atoms with Crippen molar-refractivity contribution in [2.24, 2.45) is 35.5 Å². The van der Waals surface area contributed by atoms with Crippen LogP contribution in [0.2, 0.25) is 0 Å². The smallest absolute Gasteiger partial charge is 0.0269 e. The molecule has 2 aliphatic carbocycles. The van der Waals surface area contributed by atoms with Gasteiger partial charge in [-0.1, -0.05) is 118 Å². The van der Waals surface area contributed by atoms with E-state index in [0.717, 1.165) is 48.6 Å². The summed E-state index contributed by atoms with van der Waals surface area (Å²) < 4.78 is 0. The Morgan fingerprint density at radius 3 is 1.94 bits per heavy atom. The molecular weight excluding hydrogens is 402 g/mol. The van der Waals surface area contributed by atoms with Gasteiger partial charge >= 0.3 is 0 Å². The SMILES string of the molecule is CCCCCCCCC(C)C(CC)CCCCCCCN(O)CC1CCC2C(CC)CCC12. The maximum atomic E-state index is 10.5. The second-order valence-corrected chi connectivity index (χ2v) is 12.1. The molecule has 0 radical (unpaired) electrons. The minimum atomic E-state index is 0.765. The van der Waals surface area contributed by atoms with Gasteiger partial charge in [-0.3, -0.25) is 0 Å². The molecule has 1 N–H and O–H groups in total. The topological polar surface area (TPSA) is 23.5 Å². The Morgan fingerprint density at radius 2 is 1.27 bits per heavy atom. The summed E-state index contributed by atoms with van der Waals surface area (Å²) in [7, 11) is 0. The van der Waals surface area contributed by atoms with Gasteiger partial charge in [0.2, 0.25) is 0 Å². The number of rotatable bonds is 20. The first-order valence-electron chi connectivity index (χ1n) is 15.5. The number of unbranched alkanes of at least 4 members (excludes halogenated alkanes) is 9. The van der Waals surface area contributed by atoms with Gasteiger partial charge in [-0.25, -0.2) is 0 Å². The van der Waals surface area contributed by atoms with Gasteiger partial charge in [0.05, 0.1) is 0 Å². The standard InChI is InChI=1S/C31H61NO/c1-5-8-9-10-12-15-18-26(4)27(6-2)19-16-13-11-14-17-24-32(33)25-29-21-23-30-28(7-3)20-22-31(29)30/h26-31,33H,5-25H2,1-4H3. The zero-order valence-corrected chi connectivity index (χ0v) is 23.2. The molecule has 196 valence electrons. The number of nitrogens with zero attached hydrogens (tertiary/aromatic N) is 1. The van der Waals surface area contributed by atoms with Crippen LogP contribution in [0.1, 0.15) is 150 Å². The summed E-state index contributed by atoms with van der Waals surface area (Å²) in [6, 6.07) is 0. The summed E-state index contributed by atoms with van der Waals surface area (Å²) >= 11 is 0. The molecule has 0 heterocycles. The lowest BCUT2D eigenvalue weighted by Gasteiger charge is -2.24. The van der Waals surface area contributed by atoms with Gasteiger partial charge in [0.15, 0.2) is 0 Å². The van der Waals surface area contributed by atoms with Crippen LogP contribution in [0.5, 0.6) is 0 Å². The molecule has 2 fully saturated rings. The van der Waals surface area contributed by atoms with Crippen LogP contribution in [-0.2, 0) is 0 Å². The molecule has 2 aliphatic rings. The van der Waals surface area contributed by atoms with Crippen molar-refractivity contribution in [2.45, 2.75) is 150 Å². The fraction of sp³-hybridized carbons (Fsp3) is 1.00. The van der Waals surface area contributed by atoms with Crippen LogP contribution < -0.4 is 0 Å². The highest BCUT2D eigenvalue weighted by Gasteiger charge is 2.44. The second-order valence-electron chi connectivity index (χ2n) is 12.1. The first-order valence-corrected chi connectivity index (χ1v) is 15.5. The normalized spacial score (nSPS) is 26.7. The van der Waals surface area contributed by atoms with Gasteiger partial charge in [0.1, 0.15) is 0 Å². The average molecular weight is 464 g/mol. The van der Waals surface area contributed by atoms with Crippen molar-refractivity contribution in [1.29, 1.82) is 0 Å². The third kappa shape index (κ3) is 10.6. The van der Waals surface area contributed by atoms with E-state index in [9.17, 15) is 5.21 Å². The molecule has 0 aliphatic heterocycles. The minimum Gasteiger partial charge on any atom is -0.314 e. The third-order valence-corrected chi connectivity index (χ3v) is 9.81. The quantitative estimate of drug-likeness (QED) is 0.143. The summed E-state index contributed by atoms with van der Waals surface area (Å²) in [5.74, 6) is 5.49. The molecule has 0 aromatic heterocycles. The Morgan fingerprint density at radius 1 is 0.697 bits per heavy atom. The van der Waals surface area contributed by atoms with E-state index in [0.29, 0.717) is 0 Å². The van der Waals surface area contributed by atoms with E-state index in [1.54, 1.807) is 5.06 Å². The third-order valence-electron chi connectivity index (χ3n) is 9.81. The Balaban J connectivity index is 1.45. The number of hydrogen-bond acceptors (Lipinski definition) is 2. The fourth-order valence-electron chi connectivity index (χ4n) is 7.54. The Kier molecular flexibility index (Phi) is 15.3. The lowest BCUT2D eigenvalue weighted by Crippen LogP contribution is -2.29. The lowest BCUT2D eigenvalue weighted by atomic mass is 9.83. The second kappa shape index (κ2) is 17.4. The van der Waals surface area contributed by atoms with E-state index in [4.69, 9.17) is 0 Å². The zero-order chi connectivity index (χ0) is 23.9. The summed E-state index contributed by atoms with van der Waals surface area (Å²) in [5, 5.41) is 12.2. The number of hydroxylamine groups is 2. The molecule has 6 atom stereocenters. The molecule has 2 heteroatoms. The largest absolute Gasteiger partial charge is 0.314 e. The van der Waals surface area contributed by atoms with E-state index in [1.165, 1.54) is 122 Å².